The van der Waals surface area contributed by atoms with Crippen LogP contribution >= 0.6 is 0 Å². The quantitative estimate of drug-likeness (QED) is 0.613. The van der Waals surface area contributed by atoms with E-state index in [1.165, 1.54) is 12.8 Å². The number of amides is 1. The molecule has 32 heavy (non-hydrogen) atoms. The Labute approximate surface area is 189 Å². The largest absolute Gasteiger partial charge is 0.341 e. The zero-order valence-electron chi connectivity index (χ0n) is 18.8. The molecule has 0 unspecified atom stereocenters. The third kappa shape index (κ3) is 3.76. The molecule has 0 aliphatic carbocycles. The summed E-state index contributed by atoms with van der Waals surface area (Å²) in [6, 6.07) is 12.0. The fourth-order valence-corrected chi connectivity index (χ4v) is 5.06. The van der Waals surface area contributed by atoms with Crippen LogP contribution in [0.2, 0.25) is 0 Å². The topological polar surface area (TPSA) is 67.2 Å². The Kier molecular flexibility index (Phi) is 5.64. The highest BCUT2D eigenvalue weighted by Crippen LogP contribution is 2.39. The third-order valence-electron chi connectivity index (χ3n) is 6.81. The number of benzene rings is 1. The zero-order valence-corrected chi connectivity index (χ0v) is 18.8. The van der Waals surface area contributed by atoms with Crippen molar-refractivity contribution in [3.05, 3.63) is 60.0 Å². The summed E-state index contributed by atoms with van der Waals surface area (Å²) < 4.78 is 1.91. The second-order valence-electron chi connectivity index (χ2n) is 8.83. The van der Waals surface area contributed by atoms with Gasteiger partial charge in [-0.25, -0.2) is 9.97 Å². The molecule has 2 aromatic heterocycles. The summed E-state index contributed by atoms with van der Waals surface area (Å²) in [5, 5.41) is 4.57. The van der Waals surface area contributed by atoms with E-state index < -0.39 is 0 Å². The maximum atomic E-state index is 13.5. The lowest BCUT2D eigenvalue weighted by Gasteiger charge is -2.28. The van der Waals surface area contributed by atoms with Gasteiger partial charge in [-0.3, -0.25) is 9.48 Å². The lowest BCUT2D eigenvalue weighted by atomic mass is 9.98. The van der Waals surface area contributed by atoms with Gasteiger partial charge in [-0.05, 0) is 44.2 Å². The average Bonchev–Trinajstić information content (AvgIpc) is 3.59. The molecule has 0 bridgehead atoms. The molecular weight excluding hydrogens is 400 g/mol. The number of aryl methyl sites for hydroxylation is 1. The van der Waals surface area contributed by atoms with E-state index in [1.807, 2.05) is 72.3 Å². The van der Waals surface area contributed by atoms with Crippen LogP contribution in [0.4, 0.5) is 5.95 Å². The van der Waals surface area contributed by atoms with Crippen LogP contribution in [0.5, 0.6) is 0 Å². The van der Waals surface area contributed by atoms with Gasteiger partial charge < -0.3 is 9.80 Å². The molecule has 1 aromatic carbocycles. The highest BCUT2D eigenvalue weighted by molar-refractivity contribution is 5.84. The monoisotopic (exact) mass is 430 g/mol. The number of rotatable bonds is 5. The number of hydrogen-bond acceptors (Lipinski definition) is 5. The van der Waals surface area contributed by atoms with E-state index in [-0.39, 0.29) is 17.9 Å². The van der Waals surface area contributed by atoms with E-state index in [4.69, 9.17) is 4.98 Å². The lowest BCUT2D eigenvalue weighted by molar-refractivity contribution is -0.133. The Balaban J connectivity index is 1.46. The highest BCUT2D eigenvalue weighted by atomic mass is 16.2. The lowest BCUT2D eigenvalue weighted by Crippen LogP contribution is -2.34. The molecular formula is C25H30N6O. The van der Waals surface area contributed by atoms with Crippen molar-refractivity contribution >= 4 is 11.9 Å². The first-order valence-electron chi connectivity index (χ1n) is 11.6. The van der Waals surface area contributed by atoms with Crippen molar-refractivity contribution in [2.75, 3.05) is 24.5 Å². The third-order valence-corrected chi connectivity index (χ3v) is 6.81. The Hall–Kier alpha value is -3.22. The van der Waals surface area contributed by atoms with Gasteiger partial charge in [-0.1, -0.05) is 30.3 Å². The highest BCUT2D eigenvalue weighted by Gasteiger charge is 2.36. The van der Waals surface area contributed by atoms with Crippen LogP contribution in [-0.4, -0.2) is 50.2 Å². The van der Waals surface area contributed by atoms with E-state index in [2.05, 4.69) is 15.0 Å². The summed E-state index contributed by atoms with van der Waals surface area (Å²) in [7, 11) is 1.96. The molecule has 0 saturated carbocycles. The molecule has 3 aromatic rings. The molecule has 7 nitrogen and oxygen atoms in total. The maximum absolute atomic E-state index is 13.5. The Morgan fingerprint density at radius 2 is 1.84 bits per heavy atom. The SMILES string of the molecule is C[C@@H](C(=O)N1CCC[C@H]1c1c(-c2ccnc(N3CCCC3)n2)cnn1C)c1ccccc1. The number of carbonyl (C=O) groups is 1. The van der Waals surface area contributed by atoms with Crippen LogP contribution < -0.4 is 4.90 Å². The minimum absolute atomic E-state index is 0.00126. The van der Waals surface area contributed by atoms with Gasteiger partial charge in [0.2, 0.25) is 11.9 Å². The first-order chi connectivity index (χ1) is 15.6. The number of carbonyl (C=O) groups excluding carboxylic acids is 1. The molecule has 2 aliphatic rings. The summed E-state index contributed by atoms with van der Waals surface area (Å²) in [5.74, 6) is 0.785. The molecule has 1 amide bonds. The molecule has 2 saturated heterocycles. The van der Waals surface area contributed by atoms with Crippen molar-refractivity contribution in [3.63, 3.8) is 0 Å². The summed E-state index contributed by atoms with van der Waals surface area (Å²) in [5.41, 5.74) is 3.98. The predicted octanol–water partition coefficient (Wildman–Crippen LogP) is 3.94. The van der Waals surface area contributed by atoms with Crippen LogP contribution in [0.3, 0.4) is 0 Å². The Bertz CT molecular complexity index is 1090. The molecule has 7 heteroatoms. The maximum Gasteiger partial charge on any atom is 0.230 e. The number of likely N-dealkylation sites (tertiary alicyclic amines) is 1. The fraction of sp³-hybridized carbons (Fsp3) is 0.440. The number of anilines is 1. The number of aromatic nitrogens is 4. The minimum atomic E-state index is -0.172. The predicted molar refractivity (Wildman–Crippen MR) is 124 cm³/mol. The normalized spacial score (nSPS) is 19.5. The van der Waals surface area contributed by atoms with E-state index in [0.717, 1.165) is 60.9 Å². The van der Waals surface area contributed by atoms with Gasteiger partial charge in [0.15, 0.2) is 0 Å². The van der Waals surface area contributed by atoms with Crippen LogP contribution in [-0.2, 0) is 11.8 Å². The van der Waals surface area contributed by atoms with Crippen molar-refractivity contribution in [3.8, 4) is 11.3 Å². The molecule has 2 fully saturated rings. The summed E-state index contributed by atoms with van der Waals surface area (Å²) in [4.78, 5) is 27.2. The fourth-order valence-electron chi connectivity index (χ4n) is 5.06. The van der Waals surface area contributed by atoms with Gasteiger partial charge >= 0.3 is 0 Å². The summed E-state index contributed by atoms with van der Waals surface area (Å²) in [6.45, 7) is 4.79. The molecule has 0 spiro atoms. The first kappa shape index (κ1) is 20.7. The van der Waals surface area contributed by atoms with E-state index in [0.29, 0.717) is 0 Å². The molecule has 2 aliphatic heterocycles. The van der Waals surface area contributed by atoms with Gasteiger partial charge in [0.1, 0.15) is 0 Å². The van der Waals surface area contributed by atoms with Crippen LogP contribution in [0, 0.1) is 0 Å². The Morgan fingerprint density at radius 1 is 1.06 bits per heavy atom. The smallest absolute Gasteiger partial charge is 0.230 e. The Morgan fingerprint density at radius 3 is 2.62 bits per heavy atom. The van der Waals surface area contributed by atoms with Crippen LogP contribution in [0.1, 0.15) is 55.8 Å². The van der Waals surface area contributed by atoms with Gasteiger partial charge in [0.25, 0.3) is 0 Å². The van der Waals surface area contributed by atoms with Gasteiger partial charge in [0, 0.05) is 38.4 Å². The van der Waals surface area contributed by atoms with E-state index >= 15 is 0 Å². The van der Waals surface area contributed by atoms with Crippen molar-refractivity contribution in [2.24, 2.45) is 7.05 Å². The molecule has 4 heterocycles. The van der Waals surface area contributed by atoms with E-state index in [1.54, 1.807) is 0 Å². The van der Waals surface area contributed by atoms with Gasteiger partial charge in [0.05, 0.1) is 29.5 Å². The summed E-state index contributed by atoms with van der Waals surface area (Å²) in [6.07, 6.45) is 8.01. The van der Waals surface area contributed by atoms with Crippen molar-refractivity contribution in [1.29, 1.82) is 0 Å². The minimum Gasteiger partial charge on any atom is -0.341 e. The standard InChI is InChI=1S/C25H30N6O/c1-18(19-9-4-3-5-10-19)24(32)31-16-8-11-22(31)23-20(17-27-29(23)2)21-12-13-26-25(28-21)30-14-6-7-15-30/h3-5,9-10,12-13,17-18,22H,6-8,11,14-16H2,1-2H3/t18-,22+/m1/s1. The zero-order chi connectivity index (χ0) is 22.1. The van der Waals surface area contributed by atoms with Crippen LogP contribution in [0.25, 0.3) is 11.3 Å². The molecule has 5 rings (SSSR count). The molecule has 166 valence electrons. The second kappa shape index (κ2) is 8.73. The number of nitrogens with zero attached hydrogens (tertiary/aromatic N) is 6. The van der Waals surface area contributed by atoms with Crippen molar-refractivity contribution < 1.29 is 4.79 Å². The van der Waals surface area contributed by atoms with Gasteiger partial charge in [-0.2, -0.15) is 5.10 Å². The second-order valence-corrected chi connectivity index (χ2v) is 8.83. The van der Waals surface area contributed by atoms with Crippen LogP contribution in [0.15, 0.2) is 48.8 Å². The molecule has 0 radical (unpaired) electrons. The molecule has 0 N–H and O–H groups in total. The van der Waals surface area contributed by atoms with Crippen molar-refractivity contribution in [2.45, 2.75) is 44.6 Å². The van der Waals surface area contributed by atoms with Crippen molar-refractivity contribution in [1.82, 2.24) is 24.6 Å². The van der Waals surface area contributed by atoms with Gasteiger partial charge in [-0.15, -0.1) is 0 Å². The van der Waals surface area contributed by atoms with E-state index in [9.17, 15) is 4.79 Å². The first-order valence-corrected chi connectivity index (χ1v) is 11.6. The summed E-state index contributed by atoms with van der Waals surface area (Å²) >= 11 is 0. The molecule has 2 atom stereocenters. The average molecular weight is 431 g/mol. The number of hydrogen-bond donors (Lipinski definition) is 0.